The van der Waals surface area contributed by atoms with E-state index in [0.717, 1.165) is 44.3 Å². The van der Waals surface area contributed by atoms with Crippen LogP contribution in [0.25, 0.3) is 44.2 Å². The lowest BCUT2D eigenvalue weighted by Gasteiger charge is -2.39. The van der Waals surface area contributed by atoms with Crippen LogP contribution in [0.2, 0.25) is 0 Å². The monoisotopic (exact) mass is 547 g/mol. The second-order valence-electron chi connectivity index (χ2n) is 9.98. The van der Waals surface area contributed by atoms with Gasteiger partial charge in [-0.1, -0.05) is 54.6 Å². The topological polar surface area (TPSA) is 49.4 Å². The lowest BCUT2D eigenvalue weighted by Crippen LogP contribution is -2.30. The summed E-state index contributed by atoms with van der Waals surface area (Å²) in [4.78, 5) is 2.15. The summed E-state index contributed by atoms with van der Waals surface area (Å²) < 4.78 is 29.1. The quantitative estimate of drug-likeness (QED) is 0.206. The highest BCUT2D eigenvalue weighted by molar-refractivity contribution is 6.12. The Morgan fingerprint density at radius 3 is 1.76 bits per heavy atom. The van der Waals surface area contributed by atoms with Crippen molar-refractivity contribution in [1.29, 1.82) is 0 Å². The van der Waals surface area contributed by atoms with Gasteiger partial charge in [-0.15, -0.1) is 0 Å². The van der Waals surface area contributed by atoms with Crippen molar-refractivity contribution in [3.63, 3.8) is 0 Å². The molecule has 5 aromatic carbocycles. The molecule has 1 heterocycles. The third kappa shape index (κ3) is 4.23. The lowest BCUT2D eigenvalue weighted by atomic mass is 9.85. The van der Waals surface area contributed by atoms with Gasteiger partial charge >= 0.3 is 0 Å². The van der Waals surface area contributed by atoms with E-state index in [4.69, 9.17) is 23.7 Å². The molecule has 5 aromatic rings. The number of ether oxygens (including phenoxy) is 5. The summed E-state index contributed by atoms with van der Waals surface area (Å²) in [5, 5.41) is 2.09. The molecule has 6 heteroatoms. The number of benzene rings is 5. The van der Waals surface area contributed by atoms with E-state index in [1.165, 1.54) is 11.1 Å². The number of methoxy groups -OCH3 is 5. The number of hydrogen-bond donors (Lipinski definition) is 0. The summed E-state index contributed by atoms with van der Waals surface area (Å²) in [6, 6.07) is 29.5. The van der Waals surface area contributed by atoms with Gasteiger partial charge in [0.2, 0.25) is 0 Å². The Hall–Kier alpha value is -4.68. The summed E-state index contributed by atoms with van der Waals surface area (Å²) in [5.74, 6) is 2.67. The van der Waals surface area contributed by atoms with Crippen molar-refractivity contribution in [3.05, 3.63) is 90.5 Å². The largest absolute Gasteiger partial charge is 0.493 e. The van der Waals surface area contributed by atoms with E-state index in [1.807, 2.05) is 19.2 Å². The van der Waals surface area contributed by atoms with Crippen LogP contribution in [0.15, 0.2) is 84.9 Å². The zero-order valence-corrected chi connectivity index (χ0v) is 24.1. The molecule has 0 radical (unpaired) electrons. The smallest absolute Gasteiger partial charge is 0.169 e. The fourth-order valence-electron chi connectivity index (χ4n) is 6.05. The fourth-order valence-corrected chi connectivity index (χ4v) is 6.05. The van der Waals surface area contributed by atoms with Gasteiger partial charge < -0.3 is 28.6 Å². The van der Waals surface area contributed by atoms with Gasteiger partial charge in [0.15, 0.2) is 29.2 Å². The maximum Gasteiger partial charge on any atom is 0.169 e. The van der Waals surface area contributed by atoms with Crippen molar-refractivity contribution < 1.29 is 23.7 Å². The van der Waals surface area contributed by atoms with Gasteiger partial charge in [-0.2, -0.15) is 0 Å². The Bertz CT molecular complexity index is 1730. The van der Waals surface area contributed by atoms with Gasteiger partial charge in [0.05, 0.1) is 39.7 Å². The molecule has 0 amide bonds. The summed E-state index contributed by atoms with van der Waals surface area (Å²) in [7, 11) is 10.4. The van der Waals surface area contributed by atoms with Crippen LogP contribution in [0.3, 0.4) is 0 Å². The zero-order chi connectivity index (χ0) is 28.7. The SMILES string of the molecule is COc1cc2c(-c3ccc(-c4ccccc4)cc3)cc3c(c2cc1OC)N(C)C(OC)c1c-3ccc(OC)c1OC. The van der Waals surface area contributed by atoms with Gasteiger partial charge in [-0.25, -0.2) is 0 Å². The van der Waals surface area contributed by atoms with E-state index in [1.54, 1.807) is 35.5 Å². The summed E-state index contributed by atoms with van der Waals surface area (Å²) >= 11 is 0. The Balaban J connectivity index is 1.67. The fraction of sp³-hybridized carbons (Fsp3) is 0.200. The molecule has 0 fully saturated rings. The Morgan fingerprint density at radius 1 is 0.537 bits per heavy atom. The van der Waals surface area contributed by atoms with E-state index >= 15 is 0 Å². The molecule has 208 valence electrons. The summed E-state index contributed by atoms with van der Waals surface area (Å²) in [6.07, 6.45) is -0.394. The van der Waals surface area contributed by atoms with E-state index in [2.05, 4.69) is 77.7 Å². The second kappa shape index (κ2) is 10.7. The first-order chi connectivity index (χ1) is 20.0. The van der Waals surface area contributed by atoms with Crippen molar-refractivity contribution in [2.45, 2.75) is 6.23 Å². The Morgan fingerprint density at radius 2 is 1.15 bits per heavy atom. The highest BCUT2D eigenvalue weighted by atomic mass is 16.5. The molecule has 6 rings (SSSR count). The number of hydrogen-bond acceptors (Lipinski definition) is 6. The average Bonchev–Trinajstić information content (AvgIpc) is 3.03. The van der Waals surface area contributed by atoms with Crippen LogP contribution in [0, 0.1) is 0 Å². The van der Waals surface area contributed by atoms with Crippen molar-refractivity contribution in [3.8, 4) is 56.4 Å². The molecule has 0 spiro atoms. The molecule has 0 saturated heterocycles. The van der Waals surface area contributed by atoms with Crippen molar-refractivity contribution in [2.75, 3.05) is 47.5 Å². The average molecular weight is 548 g/mol. The number of fused-ring (bicyclic) bond motifs is 5. The van der Waals surface area contributed by atoms with Crippen molar-refractivity contribution >= 4 is 16.5 Å². The number of anilines is 1. The van der Waals surface area contributed by atoms with Crippen LogP contribution in [0.4, 0.5) is 5.69 Å². The van der Waals surface area contributed by atoms with Crippen LogP contribution in [-0.2, 0) is 4.74 Å². The van der Waals surface area contributed by atoms with Crippen molar-refractivity contribution in [2.24, 2.45) is 0 Å². The second-order valence-corrected chi connectivity index (χ2v) is 9.98. The molecule has 1 atom stereocenters. The molecular weight excluding hydrogens is 514 g/mol. The van der Waals surface area contributed by atoms with Crippen LogP contribution < -0.4 is 23.8 Å². The van der Waals surface area contributed by atoms with Gasteiger partial charge in [-0.3, -0.25) is 0 Å². The van der Waals surface area contributed by atoms with E-state index < -0.39 is 6.23 Å². The summed E-state index contributed by atoms with van der Waals surface area (Å²) in [6.45, 7) is 0. The Labute approximate surface area is 240 Å². The van der Waals surface area contributed by atoms with Crippen LogP contribution in [-0.4, -0.2) is 42.6 Å². The highest BCUT2D eigenvalue weighted by Gasteiger charge is 2.35. The van der Waals surface area contributed by atoms with Crippen LogP contribution >= 0.6 is 0 Å². The van der Waals surface area contributed by atoms with Gasteiger partial charge in [-0.05, 0) is 63.5 Å². The predicted octanol–water partition coefficient (Wildman–Crippen LogP) is 7.97. The van der Waals surface area contributed by atoms with E-state index in [-0.39, 0.29) is 0 Å². The first-order valence-electron chi connectivity index (χ1n) is 13.4. The first-order valence-corrected chi connectivity index (χ1v) is 13.4. The minimum absolute atomic E-state index is 0.394. The minimum Gasteiger partial charge on any atom is -0.493 e. The molecular formula is C35H33NO5. The number of nitrogens with zero attached hydrogens (tertiary/aromatic N) is 1. The molecule has 1 aliphatic heterocycles. The zero-order valence-electron chi connectivity index (χ0n) is 24.1. The van der Waals surface area contributed by atoms with E-state index in [9.17, 15) is 0 Å². The number of rotatable bonds is 7. The van der Waals surface area contributed by atoms with Crippen LogP contribution in [0.5, 0.6) is 23.0 Å². The summed E-state index contributed by atoms with van der Waals surface area (Å²) in [5.41, 5.74) is 8.60. The molecule has 0 N–H and O–H groups in total. The molecule has 1 unspecified atom stereocenters. The van der Waals surface area contributed by atoms with Gasteiger partial charge in [0.1, 0.15) is 0 Å². The molecule has 0 bridgehead atoms. The van der Waals surface area contributed by atoms with Gasteiger partial charge in [0, 0.05) is 25.1 Å². The molecule has 0 aromatic heterocycles. The highest BCUT2D eigenvalue weighted by Crippen LogP contribution is 2.55. The third-order valence-corrected chi connectivity index (χ3v) is 7.96. The normalized spacial score (nSPS) is 13.9. The van der Waals surface area contributed by atoms with E-state index in [0.29, 0.717) is 23.0 Å². The molecule has 0 aliphatic carbocycles. The molecule has 1 aliphatic rings. The molecule has 0 saturated carbocycles. The van der Waals surface area contributed by atoms with Crippen LogP contribution in [0.1, 0.15) is 11.8 Å². The van der Waals surface area contributed by atoms with Crippen molar-refractivity contribution in [1.82, 2.24) is 0 Å². The molecule has 41 heavy (non-hydrogen) atoms. The third-order valence-electron chi connectivity index (χ3n) is 7.96. The van der Waals surface area contributed by atoms with Gasteiger partial charge in [0.25, 0.3) is 0 Å². The predicted molar refractivity (Wildman–Crippen MR) is 165 cm³/mol. The first kappa shape index (κ1) is 26.5. The molecule has 6 nitrogen and oxygen atoms in total. The lowest BCUT2D eigenvalue weighted by molar-refractivity contribution is 0.101. The minimum atomic E-state index is -0.394. The maximum atomic E-state index is 6.08. The maximum absolute atomic E-state index is 6.08. The Kier molecular flexibility index (Phi) is 6.93. The standard InChI is InChI=1S/C35H33NO5/c1-36-33-27(24-16-17-29(37-2)34(40-5)32(24)35(36)41-6)18-25(26-19-30(38-3)31(39-4)20-28(26)33)23-14-12-22(13-15-23)21-10-8-7-9-11-21/h7-20,35H,1-6H3.